The highest BCUT2D eigenvalue weighted by Gasteiger charge is 2.54. The first-order chi connectivity index (χ1) is 13.1. The third kappa shape index (κ3) is 2.87. The molecule has 2 aliphatic heterocycles. The lowest BCUT2D eigenvalue weighted by atomic mass is 9.93. The zero-order valence-corrected chi connectivity index (χ0v) is 16.0. The number of unbranched alkanes of at least 4 members (excludes halogenated alkanes) is 1. The minimum atomic E-state index is -1.03. The maximum Gasteiger partial charge on any atom is 0.200 e. The van der Waals surface area contributed by atoms with E-state index in [1.807, 2.05) is 42.3 Å². The van der Waals surface area contributed by atoms with E-state index in [1.54, 1.807) is 4.68 Å². The number of hydrogen-bond acceptors (Lipinski definition) is 5. The highest BCUT2D eigenvalue weighted by molar-refractivity contribution is 5.99. The van der Waals surface area contributed by atoms with Gasteiger partial charge >= 0.3 is 0 Å². The number of benzene rings is 1. The Morgan fingerprint density at radius 2 is 2.19 bits per heavy atom. The molecule has 0 spiro atoms. The Morgan fingerprint density at radius 3 is 2.96 bits per heavy atom. The van der Waals surface area contributed by atoms with Gasteiger partial charge in [-0.1, -0.05) is 31.5 Å². The summed E-state index contributed by atoms with van der Waals surface area (Å²) in [5.74, 6) is 0.0232. The molecule has 1 aromatic carbocycles. The third-order valence-corrected chi connectivity index (χ3v) is 5.72. The monoisotopic (exact) mass is 369 g/mol. The lowest BCUT2D eigenvalue weighted by Gasteiger charge is -2.28. The summed E-state index contributed by atoms with van der Waals surface area (Å²) in [6, 6.07) is 7.75. The van der Waals surface area contributed by atoms with E-state index < -0.39 is 11.8 Å². The fourth-order valence-corrected chi connectivity index (χ4v) is 4.35. The molecule has 2 aromatic rings. The van der Waals surface area contributed by atoms with Crippen LogP contribution in [0.4, 0.5) is 5.69 Å². The maximum atomic E-state index is 13.3. The van der Waals surface area contributed by atoms with Crippen LogP contribution in [-0.2, 0) is 23.3 Å². The van der Waals surface area contributed by atoms with Crippen LogP contribution < -0.4 is 4.90 Å². The molecular formula is C21H27N3O3. The Hall–Kier alpha value is -2.18. The molecule has 2 atom stereocenters. The largest absolute Gasteiger partial charge is 0.380 e. The van der Waals surface area contributed by atoms with Crippen LogP contribution >= 0.6 is 0 Å². The van der Waals surface area contributed by atoms with Gasteiger partial charge in [0.1, 0.15) is 11.3 Å². The van der Waals surface area contributed by atoms with Crippen LogP contribution in [0.3, 0.4) is 0 Å². The number of carbonyl (C=O) groups excluding carboxylic acids is 1. The summed E-state index contributed by atoms with van der Waals surface area (Å²) >= 11 is 0. The predicted molar refractivity (Wildman–Crippen MR) is 103 cm³/mol. The normalized spacial score (nSPS) is 23.5. The number of para-hydroxylation sites is 1. The molecule has 0 bridgehead atoms. The SMILES string of the molecule is CCCCc1cnn(CC)c1C(=O)CN1c2ccccc2[C@]2(O)CCO[C@H]12. The van der Waals surface area contributed by atoms with Gasteiger partial charge in [-0.25, -0.2) is 0 Å². The summed E-state index contributed by atoms with van der Waals surface area (Å²) in [7, 11) is 0. The molecule has 3 heterocycles. The summed E-state index contributed by atoms with van der Waals surface area (Å²) in [5, 5.41) is 15.6. The number of carbonyl (C=O) groups is 1. The quantitative estimate of drug-likeness (QED) is 0.760. The number of hydrogen-bond donors (Lipinski definition) is 1. The van der Waals surface area contributed by atoms with Gasteiger partial charge in [0.05, 0.1) is 19.3 Å². The summed E-state index contributed by atoms with van der Waals surface area (Å²) < 4.78 is 7.63. The van der Waals surface area contributed by atoms with Gasteiger partial charge in [0.25, 0.3) is 0 Å². The Morgan fingerprint density at radius 1 is 1.37 bits per heavy atom. The second kappa shape index (κ2) is 7.09. The van der Waals surface area contributed by atoms with Crippen molar-refractivity contribution in [2.45, 2.75) is 57.9 Å². The maximum absolute atomic E-state index is 13.3. The average Bonchev–Trinajstić information content (AvgIpc) is 3.33. The molecule has 27 heavy (non-hydrogen) atoms. The van der Waals surface area contributed by atoms with E-state index in [4.69, 9.17) is 4.74 Å². The number of ketones is 1. The molecule has 1 aromatic heterocycles. The van der Waals surface area contributed by atoms with Crippen molar-refractivity contribution in [3.8, 4) is 0 Å². The zero-order valence-electron chi connectivity index (χ0n) is 16.0. The van der Waals surface area contributed by atoms with Crippen molar-refractivity contribution in [2.24, 2.45) is 0 Å². The summed E-state index contributed by atoms with van der Waals surface area (Å²) in [5.41, 5.74) is 2.41. The van der Waals surface area contributed by atoms with E-state index in [-0.39, 0.29) is 12.3 Å². The van der Waals surface area contributed by atoms with Gasteiger partial charge < -0.3 is 14.7 Å². The number of fused-ring (bicyclic) bond motifs is 3. The first kappa shape index (κ1) is 18.2. The lowest BCUT2D eigenvalue weighted by molar-refractivity contribution is -0.0300. The van der Waals surface area contributed by atoms with Crippen molar-refractivity contribution in [1.82, 2.24) is 9.78 Å². The fraction of sp³-hybridized carbons (Fsp3) is 0.524. The standard InChI is InChI=1S/C21H27N3O3/c1-3-5-8-15-13-22-24(4-2)19(15)18(25)14-23-17-10-7-6-9-16(17)21(26)11-12-27-20(21)23/h6-7,9-10,13,20,26H,3-5,8,11-12,14H2,1-2H3/t20-,21+/m0/s1. The lowest BCUT2D eigenvalue weighted by Crippen LogP contribution is -2.44. The number of ether oxygens (including phenoxy) is 1. The molecular weight excluding hydrogens is 342 g/mol. The summed E-state index contributed by atoms with van der Waals surface area (Å²) in [6.07, 6.45) is 4.84. The number of aliphatic hydroxyl groups is 1. The second-order valence-corrected chi connectivity index (χ2v) is 7.40. The first-order valence-corrected chi connectivity index (χ1v) is 9.88. The second-order valence-electron chi connectivity index (χ2n) is 7.40. The number of anilines is 1. The van der Waals surface area contributed by atoms with Gasteiger partial charge in [0.15, 0.2) is 12.0 Å². The topological polar surface area (TPSA) is 67.6 Å². The van der Waals surface area contributed by atoms with E-state index in [1.165, 1.54) is 0 Å². The van der Waals surface area contributed by atoms with Crippen LogP contribution in [0.2, 0.25) is 0 Å². The number of nitrogens with zero attached hydrogens (tertiary/aromatic N) is 3. The molecule has 144 valence electrons. The zero-order chi connectivity index (χ0) is 19.0. The number of Topliss-reactive ketones (excluding diaryl/α,β-unsaturated/α-hetero) is 1. The van der Waals surface area contributed by atoms with Gasteiger partial charge in [-0.2, -0.15) is 5.10 Å². The molecule has 2 aliphatic rings. The smallest absolute Gasteiger partial charge is 0.200 e. The Labute approximate surface area is 159 Å². The molecule has 0 saturated carbocycles. The molecule has 1 saturated heterocycles. The fourth-order valence-electron chi connectivity index (χ4n) is 4.35. The highest BCUT2D eigenvalue weighted by atomic mass is 16.5. The molecule has 1 fully saturated rings. The summed E-state index contributed by atoms with van der Waals surface area (Å²) in [4.78, 5) is 15.2. The average molecular weight is 369 g/mol. The minimum absolute atomic E-state index is 0.0232. The van der Waals surface area contributed by atoms with Crippen LogP contribution in [0.1, 0.15) is 54.7 Å². The number of aromatic nitrogens is 2. The Bertz CT molecular complexity index is 847. The van der Waals surface area contributed by atoms with Gasteiger partial charge in [0.2, 0.25) is 0 Å². The molecule has 0 radical (unpaired) electrons. The van der Waals surface area contributed by atoms with Gasteiger partial charge in [-0.15, -0.1) is 0 Å². The molecule has 0 aliphatic carbocycles. The molecule has 0 unspecified atom stereocenters. The van der Waals surface area contributed by atoms with Gasteiger partial charge in [-0.05, 0) is 25.8 Å². The van der Waals surface area contributed by atoms with E-state index in [0.717, 1.165) is 36.1 Å². The summed E-state index contributed by atoms with van der Waals surface area (Å²) in [6.45, 7) is 5.47. The van der Waals surface area contributed by atoms with Crippen molar-refractivity contribution < 1.29 is 14.6 Å². The molecule has 1 N–H and O–H groups in total. The van der Waals surface area contributed by atoms with E-state index in [2.05, 4.69) is 12.0 Å². The Balaban J connectivity index is 1.65. The highest BCUT2D eigenvalue weighted by Crippen LogP contribution is 2.49. The van der Waals surface area contributed by atoms with Crippen molar-refractivity contribution in [1.29, 1.82) is 0 Å². The van der Waals surface area contributed by atoms with Crippen molar-refractivity contribution in [3.63, 3.8) is 0 Å². The molecule has 6 heteroatoms. The van der Waals surface area contributed by atoms with Crippen LogP contribution in [0.25, 0.3) is 0 Å². The molecule has 4 rings (SSSR count). The van der Waals surface area contributed by atoms with E-state index in [0.29, 0.717) is 25.3 Å². The van der Waals surface area contributed by atoms with Crippen LogP contribution in [-0.4, -0.2) is 40.0 Å². The van der Waals surface area contributed by atoms with Crippen molar-refractivity contribution >= 4 is 11.5 Å². The van der Waals surface area contributed by atoms with Crippen molar-refractivity contribution in [2.75, 3.05) is 18.1 Å². The molecule has 0 amide bonds. The number of rotatable bonds is 7. The Kier molecular flexibility index (Phi) is 4.78. The third-order valence-electron chi connectivity index (χ3n) is 5.72. The predicted octanol–water partition coefficient (Wildman–Crippen LogP) is 2.88. The van der Waals surface area contributed by atoms with Crippen LogP contribution in [0.5, 0.6) is 0 Å². The number of aryl methyl sites for hydroxylation is 2. The minimum Gasteiger partial charge on any atom is -0.380 e. The van der Waals surface area contributed by atoms with Gasteiger partial charge in [-0.3, -0.25) is 9.48 Å². The van der Waals surface area contributed by atoms with Crippen molar-refractivity contribution in [3.05, 3.63) is 47.3 Å². The first-order valence-electron chi connectivity index (χ1n) is 9.88. The van der Waals surface area contributed by atoms with E-state index >= 15 is 0 Å². The van der Waals surface area contributed by atoms with Crippen LogP contribution in [0, 0.1) is 0 Å². The van der Waals surface area contributed by atoms with E-state index in [9.17, 15) is 9.90 Å². The van der Waals surface area contributed by atoms with Crippen LogP contribution in [0.15, 0.2) is 30.5 Å². The molecule has 6 nitrogen and oxygen atoms in total. The van der Waals surface area contributed by atoms with Gasteiger partial charge in [0, 0.05) is 29.8 Å².